The van der Waals surface area contributed by atoms with Gasteiger partial charge in [-0.2, -0.15) is 0 Å². The third kappa shape index (κ3) is 5.20. The summed E-state index contributed by atoms with van der Waals surface area (Å²) in [5.41, 5.74) is 0.517. The number of para-hydroxylation sites is 1. The van der Waals surface area contributed by atoms with Crippen molar-refractivity contribution in [2.75, 3.05) is 20.2 Å². The third-order valence-electron chi connectivity index (χ3n) is 5.88. The van der Waals surface area contributed by atoms with Gasteiger partial charge in [0.25, 0.3) is 5.56 Å². The first-order chi connectivity index (χ1) is 15.2. The van der Waals surface area contributed by atoms with Gasteiger partial charge in [-0.25, -0.2) is 4.98 Å². The summed E-state index contributed by atoms with van der Waals surface area (Å²) in [7, 11) is 1.59. The highest BCUT2D eigenvalue weighted by Gasteiger charge is 2.16. The molecule has 1 N–H and O–H groups in total. The summed E-state index contributed by atoms with van der Waals surface area (Å²) in [6.45, 7) is 2.99. The molecule has 0 aliphatic carbocycles. The van der Waals surface area contributed by atoms with Crippen LogP contribution in [0.5, 0.6) is 11.5 Å². The lowest BCUT2D eigenvalue weighted by Gasteiger charge is -2.23. The molecule has 31 heavy (non-hydrogen) atoms. The van der Waals surface area contributed by atoms with Crippen molar-refractivity contribution < 1.29 is 9.47 Å². The van der Waals surface area contributed by atoms with Gasteiger partial charge in [0, 0.05) is 11.6 Å². The maximum atomic E-state index is 13.3. The van der Waals surface area contributed by atoms with E-state index in [4.69, 9.17) is 26.1 Å². The summed E-state index contributed by atoms with van der Waals surface area (Å²) < 4.78 is 13.1. The molecule has 3 aromatic rings. The summed E-state index contributed by atoms with van der Waals surface area (Å²) in [6, 6.07) is 12.6. The average molecular weight is 442 g/mol. The predicted octanol–water partition coefficient (Wildman–Crippen LogP) is 4.42. The number of rotatable bonds is 8. The van der Waals surface area contributed by atoms with Crippen LogP contribution in [-0.2, 0) is 13.2 Å². The third-order valence-corrected chi connectivity index (χ3v) is 6.13. The standard InChI is InChI=1S/C24H28ClN3O3/c1-30-21-6-2-5-20-23(21)27-22(16-31-19-9-7-18(25)8-10-19)28(24(20)29)15-3-4-17-11-13-26-14-12-17/h2,5-10,17,26H,3-4,11-16H2,1H3. The van der Waals surface area contributed by atoms with Crippen LogP contribution in [-0.4, -0.2) is 29.8 Å². The topological polar surface area (TPSA) is 65.4 Å². The van der Waals surface area contributed by atoms with Crippen LogP contribution in [0.2, 0.25) is 5.02 Å². The second-order valence-electron chi connectivity index (χ2n) is 7.92. The van der Waals surface area contributed by atoms with Crippen LogP contribution >= 0.6 is 11.6 Å². The van der Waals surface area contributed by atoms with Gasteiger partial charge in [0.15, 0.2) is 0 Å². The lowest BCUT2D eigenvalue weighted by molar-refractivity contribution is 0.283. The number of nitrogens with one attached hydrogen (secondary N) is 1. The molecule has 0 saturated carbocycles. The van der Waals surface area contributed by atoms with Crippen molar-refractivity contribution in [1.29, 1.82) is 0 Å². The van der Waals surface area contributed by atoms with Crippen LogP contribution in [0.4, 0.5) is 0 Å². The Morgan fingerprint density at radius 1 is 1.16 bits per heavy atom. The van der Waals surface area contributed by atoms with Crippen molar-refractivity contribution in [1.82, 2.24) is 14.9 Å². The lowest BCUT2D eigenvalue weighted by atomic mass is 9.93. The molecule has 0 amide bonds. The Labute approximate surface area is 187 Å². The van der Waals surface area contributed by atoms with E-state index >= 15 is 0 Å². The van der Waals surface area contributed by atoms with E-state index in [0.717, 1.165) is 31.8 Å². The number of halogens is 1. The molecule has 1 aromatic heterocycles. The fraction of sp³-hybridized carbons (Fsp3) is 0.417. The quantitative estimate of drug-likeness (QED) is 0.560. The monoisotopic (exact) mass is 441 g/mol. The van der Waals surface area contributed by atoms with Crippen molar-refractivity contribution in [3.05, 3.63) is 63.7 Å². The minimum absolute atomic E-state index is 0.0519. The maximum Gasteiger partial charge on any atom is 0.261 e. The first kappa shape index (κ1) is 21.7. The lowest BCUT2D eigenvalue weighted by Crippen LogP contribution is -2.29. The molecular weight excluding hydrogens is 414 g/mol. The number of ether oxygens (including phenoxy) is 2. The summed E-state index contributed by atoms with van der Waals surface area (Å²) in [4.78, 5) is 18.1. The molecule has 1 aliphatic rings. The van der Waals surface area contributed by atoms with Crippen molar-refractivity contribution >= 4 is 22.5 Å². The van der Waals surface area contributed by atoms with Gasteiger partial charge in [-0.3, -0.25) is 9.36 Å². The molecule has 7 heteroatoms. The Hall–Kier alpha value is -2.57. The molecule has 1 saturated heterocycles. The second-order valence-corrected chi connectivity index (χ2v) is 8.36. The van der Waals surface area contributed by atoms with E-state index in [9.17, 15) is 4.79 Å². The minimum atomic E-state index is -0.0519. The summed E-state index contributed by atoms with van der Waals surface area (Å²) in [5, 5.41) is 4.62. The number of fused-ring (bicyclic) bond motifs is 1. The van der Waals surface area contributed by atoms with Crippen molar-refractivity contribution in [2.45, 2.75) is 38.8 Å². The number of methoxy groups -OCH3 is 1. The fourth-order valence-electron chi connectivity index (χ4n) is 4.15. The van der Waals surface area contributed by atoms with E-state index in [2.05, 4.69) is 5.32 Å². The first-order valence-corrected chi connectivity index (χ1v) is 11.2. The molecular formula is C24H28ClN3O3. The van der Waals surface area contributed by atoms with E-state index in [1.54, 1.807) is 29.9 Å². The zero-order chi connectivity index (χ0) is 21.6. The summed E-state index contributed by atoms with van der Waals surface area (Å²) >= 11 is 5.96. The van der Waals surface area contributed by atoms with Gasteiger partial charge >= 0.3 is 0 Å². The van der Waals surface area contributed by atoms with Crippen molar-refractivity contribution in [3.63, 3.8) is 0 Å². The molecule has 1 aliphatic heterocycles. The van der Waals surface area contributed by atoms with Crippen LogP contribution in [0.1, 0.15) is 31.5 Å². The highest BCUT2D eigenvalue weighted by molar-refractivity contribution is 6.30. The molecule has 2 heterocycles. The molecule has 6 nitrogen and oxygen atoms in total. The van der Waals surface area contributed by atoms with Crippen LogP contribution in [0.3, 0.4) is 0 Å². The Bertz CT molecular complexity index is 1080. The summed E-state index contributed by atoms with van der Waals surface area (Å²) in [6.07, 6.45) is 4.46. The first-order valence-electron chi connectivity index (χ1n) is 10.8. The van der Waals surface area contributed by atoms with E-state index in [0.29, 0.717) is 39.8 Å². The minimum Gasteiger partial charge on any atom is -0.494 e. The van der Waals surface area contributed by atoms with Gasteiger partial charge in [0.05, 0.1) is 12.5 Å². The number of benzene rings is 2. The van der Waals surface area contributed by atoms with Gasteiger partial charge in [0.1, 0.15) is 29.4 Å². The number of hydrogen-bond donors (Lipinski definition) is 1. The normalized spacial score (nSPS) is 14.6. The predicted molar refractivity (Wildman–Crippen MR) is 123 cm³/mol. The van der Waals surface area contributed by atoms with E-state index in [1.807, 2.05) is 24.3 Å². The number of nitrogens with zero attached hydrogens (tertiary/aromatic N) is 2. The second kappa shape index (κ2) is 10.2. The molecule has 0 atom stereocenters. The SMILES string of the molecule is COc1cccc2c(=O)n(CCCC3CCNCC3)c(COc3ccc(Cl)cc3)nc12. The van der Waals surface area contributed by atoms with Crippen LogP contribution in [0.15, 0.2) is 47.3 Å². The molecule has 0 unspecified atom stereocenters. The molecule has 2 aromatic carbocycles. The van der Waals surface area contributed by atoms with Crippen molar-refractivity contribution in [3.8, 4) is 11.5 Å². The van der Waals surface area contributed by atoms with Crippen molar-refractivity contribution in [2.24, 2.45) is 5.92 Å². The zero-order valence-electron chi connectivity index (χ0n) is 17.8. The van der Waals surface area contributed by atoms with Gasteiger partial charge in [-0.05, 0) is 81.1 Å². The molecule has 0 bridgehead atoms. The van der Waals surface area contributed by atoms with E-state index in [-0.39, 0.29) is 12.2 Å². The molecule has 164 valence electrons. The Morgan fingerprint density at radius 3 is 2.68 bits per heavy atom. The highest BCUT2D eigenvalue weighted by Crippen LogP contribution is 2.23. The average Bonchev–Trinajstić information content (AvgIpc) is 2.80. The maximum absolute atomic E-state index is 13.3. The molecule has 4 rings (SSSR count). The zero-order valence-corrected chi connectivity index (χ0v) is 18.5. The van der Waals surface area contributed by atoms with Gasteiger partial charge < -0.3 is 14.8 Å². The number of aromatic nitrogens is 2. The van der Waals surface area contributed by atoms with Crippen LogP contribution in [0, 0.1) is 5.92 Å². The smallest absolute Gasteiger partial charge is 0.261 e. The Morgan fingerprint density at radius 2 is 1.94 bits per heavy atom. The largest absolute Gasteiger partial charge is 0.494 e. The van der Waals surface area contributed by atoms with Gasteiger partial charge in [-0.1, -0.05) is 17.7 Å². The number of piperidine rings is 1. The summed E-state index contributed by atoms with van der Waals surface area (Å²) in [5.74, 6) is 2.59. The highest BCUT2D eigenvalue weighted by atomic mass is 35.5. The molecule has 0 radical (unpaired) electrons. The Kier molecular flexibility index (Phi) is 7.10. The molecule has 1 fully saturated rings. The van der Waals surface area contributed by atoms with Gasteiger partial charge in [0.2, 0.25) is 0 Å². The van der Waals surface area contributed by atoms with E-state index < -0.39 is 0 Å². The molecule has 0 spiro atoms. The van der Waals surface area contributed by atoms with Crippen LogP contribution < -0.4 is 20.3 Å². The van der Waals surface area contributed by atoms with Crippen LogP contribution in [0.25, 0.3) is 10.9 Å². The Balaban J connectivity index is 1.60. The van der Waals surface area contributed by atoms with Gasteiger partial charge in [-0.15, -0.1) is 0 Å². The number of hydrogen-bond acceptors (Lipinski definition) is 5. The fourth-order valence-corrected chi connectivity index (χ4v) is 4.28. The van der Waals surface area contributed by atoms with E-state index in [1.165, 1.54) is 12.8 Å².